The molecule has 0 rings (SSSR count). The lowest BCUT2D eigenvalue weighted by molar-refractivity contribution is 1.50. The fraction of sp³-hybridized carbons (Fsp3) is 1.00. The van der Waals surface area contributed by atoms with Gasteiger partial charge in [0, 0.05) is 0 Å². The monoisotopic (exact) mass is 101 g/mol. The normalized spacial score (nSPS) is 4.86. The molecule has 0 aromatic carbocycles. The van der Waals surface area contributed by atoms with Crippen LogP contribution in [-0.2, 0) is 0 Å². The minimum atomic E-state index is 0. The van der Waals surface area contributed by atoms with Gasteiger partial charge >= 0.3 is 0 Å². The van der Waals surface area contributed by atoms with Gasteiger partial charge in [0.1, 0.15) is 0 Å². The van der Waals surface area contributed by atoms with Crippen LogP contribution in [0.1, 0.15) is 14.9 Å². The van der Waals surface area contributed by atoms with E-state index in [0.717, 1.165) is 0 Å². The molecular weight excluding hydrogens is 87.7 g/mol. The van der Waals surface area contributed by atoms with Crippen molar-refractivity contribution in [1.29, 1.82) is 0 Å². The summed E-state index contributed by atoms with van der Waals surface area (Å²) in [6.45, 7) is 0. The first-order valence-electron chi connectivity index (χ1n) is 1.24. The first-order valence-corrected chi connectivity index (χ1v) is 1.24. The van der Waals surface area contributed by atoms with Crippen LogP contribution in [0.5, 0.6) is 0 Å². The first kappa shape index (κ1) is 15.7. The highest BCUT2D eigenvalue weighted by molar-refractivity contribution is 6.46. The van der Waals surface area contributed by atoms with E-state index in [0.29, 0.717) is 0 Å². The van der Waals surface area contributed by atoms with Gasteiger partial charge in [-0.25, -0.2) is 0 Å². The largest absolute Gasteiger partial charge is 0.378 e. The van der Waals surface area contributed by atoms with E-state index in [1.165, 1.54) is 15.1 Å². The lowest BCUT2D eigenvalue weighted by Crippen LogP contribution is -2.35. The van der Waals surface area contributed by atoms with Gasteiger partial charge in [-0.2, -0.15) is 0 Å². The topological polar surface area (TPSA) is 64.1 Å². The van der Waals surface area contributed by atoms with Crippen molar-refractivity contribution in [2.45, 2.75) is 14.9 Å². The van der Waals surface area contributed by atoms with E-state index in [1.54, 1.807) is 0 Å². The maximum atomic E-state index is 4.79. The lowest BCUT2D eigenvalue weighted by atomic mass is 10.1. The molecule has 0 bridgehead atoms. The van der Waals surface area contributed by atoms with Crippen molar-refractivity contribution in [3.05, 3.63) is 0 Å². The van der Waals surface area contributed by atoms with Gasteiger partial charge in [-0.15, -0.1) is 0 Å². The molecule has 0 aromatic heterocycles. The van der Waals surface area contributed by atoms with Crippen LogP contribution in [0.3, 0.4) is 0 Å². The van der Waals surface area contributed by atoms with E-state index in [1.807, 2.05) is 0 Å². The molecule has 0 aliphatic carbocycles. The molecule has 2 radical (unpaired) electrons. The van der Waals surface area contributed by atoms with Gasteiger partial charge in [-0.05, 0) is 0 Å². The number of hydrogen-bond acceptors (Lipinski definition) is 3. The summed E-state index contributed by atoms with van der Waals surface area (Å²) in [6.07, 6.45) is 0. The van der Waals surface area contributed by atoms with Gasteiger partial charge in [0.15, 0.2) is 0 Å². The predicted octanol–water partition coefficient (Wildman–Crippen LogP) is -1.17. The Balaban J connectivity index is -0.0000000800. The van der Waals surface area contributed by atoms with Gasteiger partial charge in [0.25, 0.3) is 15.1 Å². The van der Waals surface area contributed by atoms with Crippen molar-refractivity contribution >= 4 is 15.1 Å². The molecule has 7 heavy (non-hydrogen) atoms. The average molecular weight is 101 g/mol. The van der Waals surface area contributed by atoms with Gasteiger partial charge in [0.05, 0.1) is 0 Å². The van der Waals surface area contributed by atoms with E-state index in [4.69, 9.17) is 11.3 Å². The highest BCUT2D eigenvalue weighted by atomic mass is 14.8. The van der Waals surface area contributed by atoms with E-state index in [-0.39, 0.29) is 14.9 Å². The van der Waals surface area contributed by atoms with Crippen LogP contribution in [0.15, 0.2) is 0 Å². The Bertz CT molecular complexity index is 18.4. The van der Waals surface area contributed by atoms with Crippen LogP contribution in [0.2, 0.25) is 0 Å². The first-order chi connectivity index (χ1) is 2.41. The molecule has 5 N–H and O–H groups in total. The summed E-state index contributed by atoms with van der Waals surface area (Å²) >= 11 is 0. The maximum Gasteiger partial charge on any atom is 0.292 e. The van der Waals surface area contributed by atoms with Crippen molar-refractivity contribution < 1.29 is 0 Å². The van der Waals surface area contributed by atoms with E-state index < -0.39 is 0 Å². The summed E-state index contributed by atoms with van der Waals surface area (Å²) < 4.78 is 0. The summed E-state index contributed by atoms with van der Waals surface area (Å²) in [6, 6.07) is 0. The zero-order chi connectivity index (χ0) is 4.12. The summed E-state index contributed by atoms with van der Waals surface area (Å²) in [7, 11) is 2.50. The van der Waals surface area contributed by atoms with Crippen molar-refractivity contribution in [3.8, 4) is 0 Å². The summed E-state index contributed by atoms with van der Waals surface area (Å²) in [5.41, 5.74) is 9.58. The van der Waals surface area contributed by atoms with E-state index in [9.17, 15) is 0 Å². The third-order valence-corrected chi connectivity index (χ3v) is 0.192. The highest BCUT2D eigenvalue weighted by Crippen LogP contribution is 1.15. The molecule has 0 unspecified atom stereocenters. The van der Waals surface area contributed by atoms with E-state index >= 15 is 0 Å². The molecule has 0 heterocycles. The van der Waals surface area contributed by atoms with Crippen LogP contribution < -0.4 is 16.4 Å². The third-order valence-electron chi connectivity index (χ3n) is 0.192. The van der Waals surface area contributed by atoms with Crippen molar-refractivity contribution in [3.63, 3.8) is 0 Å². The Morgan fingerprint density at radius 2 is 1.29 bits per heavy atom. The summed E-state index contributed by atoms with van der Waals surface area (Å²) in [5.74, 6) is 0. The standard InChI is InChI=1S/2CH4.B2H5N3/c;;3-1-5-2-4/h2*1H4;5H,3-4H2. The summed E-state index contributed by atoms with van der Waals surface area (Å²) in [4.78, 5) is 0. The molecular formula is C2H13B2N3. The Morgan fingerprint density at radius 3 is 1.29 bits per heavy atom. The molecule has 0 saturated carbocycles. The fourth-order valence-electron chi connectivity index (χ4n) is 0.0556. The SMILES string of the molecule is C.C.N[B]N[B]N. The summed E-state index contributed by atoms with van der Waals surface area (Å²) in [5, 5.41) is 2.42. The third kappa shape index (κ3) is 23.9. The van der Waals surface area contributed by atoms with Gasteiger partial charge in [-0.1, -0.05) is 14.9 Å². The zero-order valence-corrected chi connectivity index (χ0v) is 2.81. The minimum absolute atomic E-state index is 0. The van der Waals surface area contributed by atoms with Crippen LogP contribution in [-0.4, -0.2) is 15.1 Å². The quantitative estimate of drug-likeness (QED) is 0.384. The molecule has 0 aromatic rings. The van der Waals surface area contributed by atoms with Crippen molar-refractivity contribution in [2.24, 2.45) is 11.3 Å². The zero-order valence-electron chi connectivity index (χ0n) is 2.81. The molecule has 3 nitrogen and oxygen atoms in total. The van der Waals surface area contributed by atoms with Crippen LogP contribution in [0.25, 0.3) is 0 Å². The van der Waals surface area contributed by atoms with Gasteiger partial charge in [0.2, 0.25) is 0 Å². The second kappa shape index (κ2) is 16.7. The smallest absolute Gasteiger partial charge is 0.292 e. The number of rotatable bonds is 2. The van der Waals surface area contributed by atoms with Gasteiger partial charge < -0.3 is 16.4 Å². The van der Waals surface area contributed by atoms with Gasteiger partial charge in [-0.3, -0.25) is 0 Å². The number of nitrogens with two attached hydrogens (primary N) is 2. The predicted molar refractivity (Wildman–Crippen MR) is 36.5 cm³/mol. The fourth-order valence-corrected chi connectivity index (χ4v) is 0.0556. The Kier molecular flexibility index (Phi) is 37.5. The molecule has 0 aliphatic rings. The van der Waals surface area contributed by atoms with Crippen LogP contribution in [0, 0.1) is 0 Å². The number of nitrogens with one attached hydrogen (secondary N) is 1. The molecule has 0 saturated heterocycles. The number of hydrogen-bond donors (Lipinski definition) is 3. The molecule has 5 heteroatoms. The Labute approximate surface area is 47.4 Å². The lowest BCUT2D eigenvalue weighted by Gasteiger charge is -1.80. The van der Waals surface area contributed by atoms with Crippen molar-refractivity contribution in [2.75, 3.05) is 0 Å². The molecule has 0 spiro atoms. The highest BCUT2D eigenvalue weighted by Gasteiger charge is 1.73. The maximum absolute atomic E-state index is 4.79. The molecule has 0 atom stereocenters. The average Bonchev–Trinajstić information content (AvgIpc) is 1.41. The molecule has 0 aliphatic heterocycles. The van der Waals surface area contributed by atoms with Crippen molar-refractivity contribution in [1.82, 2.24) is 5.14 Å². The Hall–Kier alpha value is 0.00987. The van der Waals surface area contributed by atoms with Crippen LogP contribution in [0.4, 0.5) is 0 Å². The minimum Gasteiger partial charge on any atom is -0.378 e. The van der Waals surface area contributed by atoms with Crippen LogP contribution >= 0.6 is 0 Å². The molecule has 0 amide bonds. The molecule has 42 valence electrons. The Morgan fingerprint density at radius 1 is 1.00 bits per heavy atom. The van der Waals surface area contributed by atoms with E-state index in [2.05, 4.69) is 5.14 Å². The second-order valence-corrected chi connectivity index (χ2v) is 0.500. The molecule has 0 fully saturated rings. The second-order valence-electron chi connectivity index (χ2n) is 0.500.